The molecule has 0 amide bonds. The summed E-state index contributed by atoms with van der Waals surface area (Å²) in [5.74, 6) is -0.807. The number of carboxylic acids is 1. The predicted octanol–water partition coefficient (Wildman–Crippen LogP) is 4.80. The van der Waals surface area contributed by atoms with Gasteiger partial charge in [-0.15, -0.1) is 0 Å². The van der Waals surface area contributed by atoms with E-state index in [0.717, 1.165) is 57.8 Å². The molecule has 0 saturated heterocycles. The van der Waals surface area contributed by atoms with Gasteiger partial charge in [-0.05, 0) is 19.3 Å². The summed E-state index contributed by atoms with van der Waals surface area (Å²) >= 11 is 0. The second-order valence-corrected chi connectivity index (χ2v) is 5.37. The summed E-state index contributed by atoms with van der Waals surface area (Å²) in [4.78, 5) is 11.3. The van der Waals surface area contributed by atoms with Crippen LogP contribution >= 0.6 is 0 Å². The normalized spacial score (nSPS) is 10.9. The van der Waals surface area contributed by atoms with Gasteiger partial charge in [-0.3, -0.25) is 0 Å². The first-order valence-electron chi connectivity index (χ1n) is 7.46. The van der Waals surface area contributed by atoms with Crippen molar-refractivity contribution < 1.29 is 9.90 Å². The van der Waals surface area contributed by atoms with Crippen LogP contribution in [0.3, 0.4) is 0 Å². The molecule has 0 aliphatic carbocycles. The summed E-state index contributed by atoms with van der Waals surface area (Å²) in [6.07, 6.45) is 9.59. The molecule has 0 rings (SSSR count). The number of carbonyl (C=O) groups is 1. The van der Waals surface area contributed by atoms with Gasteiger partial charge in [-0.25, -0.2) is 4.79 Å². The van der Waals surface area contributed by atoms with Crippen molar-refractivity contribution in [2.24, 2.45) is 5.41 Å². The maximum atomic E-state index is 11.3. The van der Waals surface area contributed by atoms with E-state index in [2.05, 4.69) is 27.4 Å². The molecule has 0 spiro atoms. The molecule has 0 bridgehead atoms. The van der Waals surface area contributed by atoms with E-state index in [-0.39, 0.29) is 29.3 Å². The van der Waals surface area contributed by atoms with Gasteiger partial charge in [-0.1, -0.05) is 65.9 Å². The third kappa shape index (κ3) is 7.38. The van der Waals surface area contributed by atoms with Crippen LogP contribution in [0.4, 0.5) is 0 Å². The third-order valence-electron chi connectivity index (χ3n) is 3.92. The van der Waals surface area contributed by atoms with E-state index in [9.17, 15) is 9.90 Å². The maximum Gasteiger partial charge on any atom is 0.331 e. The topological polar surface area (TPSA) is 37.3 Å². The zero-order chi connectivity index (χ0) is 14.0. The monoisotopic (exact) mass is 374 g/mol. The fraction of sp³-hybridized carbons (Fsp3) is 0.812. The zero-order valence-electron chi connectivity index (χ0n) is 12.9. The van der Waals surface area contributed by atoms with Crippen molar-refractivity contribution in [3.05, 3.63) is 12.2 Å². The molecule has 1 N–H and O–H groups in total. The van der Waals surface area contributed by atoms with E-state index in [1.165, 1.54) is 0 Å². The molecule has 0 aromatic heterocycles. The Balaban J connectivity index is 0. The van der Waals surface area contributed by atoms with E-state index < -0.39 is 5.97 Å². The number of carboxylic acid groups (broad SMARTS) is 1. The minimum atomic E-state index is -0.807. The van der Waals surface area contributed by atoms with Crippen LogP contribution < -0.4 is 0 Å². The average Bonchev–Trinajstić information content (AvgIpc) is 2.37. The first-order chi connectivity index (χ1) is 8.54. The summed E-state index contributed by atoms with van der Waals surface area (Å²) in [6, 6.07) is 0. The first kappa shape index (κ1) is 21.3. The minimum Gasteiger partial charge on any atom is -0.478 e. The van der Waals surface area contributed by atoms with Crippen LogP contribution in [-0.4, -0.2) is 35.0 Å². The van der Waals surface area contributed by atoms with Crippen LogP contribution in [0.2, 0.25) is 0 Å². The quantitative estimate of drug-likeness (QED) is 0.417. The largest absolute Gasteiger partial charge is 0.478 e. The van der Waals surface area contributed by atoms with Crippen LogP contribution in [0.5, 0.6) is 0 Å². The molecule has 0 aliphatic heterocycles. The molecule has 19 heavy (non-hydrogen) atoms. The molecule has 0 saturated carbocycles. The van der Waals surface area contributed by atoms with Gasteiger partial charge >= 0.3 is 5.97 Å². The molecular weight excluding hydrogens is 343 g/mol. The second kappa shape index (κ2) is 11.8. The standard InChI is InChI=1S/C16H30O2.Sn/c1-5-8-11-16(12-9-6-2,13-10-7-3)14(4)15(17)18;/h4-13H2,1-3H3,(H,17,18);. The number of hydrogen-bond donors (Lipinski definition) is 1. The molecule has 0 aromatic rings. The predicted molar refractivity (Wildman–Crippen MR) is 83.5 cm³/mol. The van der Waals surface area contributed by atoms with Crippen molar-refractivity contribution >= 4 is 29.9 Å². The minimum absolute atomic E-state index is 0. The van der Waals surface area contributed by atoms with Gasteiger partial charge in [0.2, 0.25) is 0 Å². The second-order valence-electron chi connectivity index (χ2n) is 5.37. The number of unbranched alkanes of at least 4 members (excludes halogenated alkanes) is 3. The molecule has 0 aromatic carbocycles. The number of rotatable bonds is 11. The van der Waals surface area contributed by atoms with Crippen LogP contribution in [-0.2, 0) is 4.79 Å². The Morgan fingerprint density at radius 2 is 1.26 bits per heavy atom. The van der Waals surface area contributed by atoms with E-state index in [0.29, 0.717) is 5.57 Å². The molecule has 110 valence electrons. The SMILES string of the molecule is C=C(C(=O)O)C(CCCC)(CCCC)CCCC.[Sn]. The Labute approximate surface area is 136 Å². The third-order valence-corrected chi connectivity index (χ3v) is 3.92. The van der Waals surface area contributed by atoms with Gasteiger partial charge in [0.25, 0.3) is 0 Å². The summed E-state index contributed by atoms with van der Waals surface area (Å²) in [5, 5.41) is 9.32. The van der Waals surface area contributed by atoms with Gasteiger partial charge in [0.15, 0.2) is 0 Å². The van der Waals surface area contributed by atoms with Crippen molar-refractivity contribution in [1.29, 1.82) is 0 Å². The zero-order valence-corrected chi connectivity index (χ0v) is 15.8. The van der Waals surface area contributed by atoms with Crippen molar-refractivity contribution in [2.75, 3.05) is 0 Å². The van der Waals surface area contributed by atoms with E-state index in [1.807, 2.05) is 0 Å². The van der Waals surface area contributed by atoms with Gasteiger partial charge in [0.05, 0.1) is 0 Å². The van der Waals surface area contributed by atoms with Crippen LogP contribution in [0.1, 0.15) is 78.6 Å². The molecule has 4 radical (unpaired) electrons. The maximum absolute atomic E-state index is 11.3. The fourth-order valence-electron chi connectivity index (χ4n) is 2.60. The molecule has 0 fully saturated rings. The summed E-state index contributed by atoms with van der Waals surface area (Å²) in [5.41, 5.74) is 0.284. The Bertz CT molecular complexity index is 240. The van der Waals surface area contributed by atoms with E-state index in [4.69, 9.17) is 0 Å². The van der Waals surface area contributed by atoms with Gasteiger partial charge in [-0.2, -0.15) is 0 Å². The van der Waals surface area contributed by atoms with Crippen LogP contribution in [0.25, 0.3) is 0 Å². The molecule has 0 heterocycles. The Morgan fingerprint density at radius 3 is 1.47 bits per heavy atom. The van der Waals surface area contributed by atoms with Gasteiger partial charge in [0, 0.05) is 34.9 Å². The average molecular weight is 373 g/mol. The smallest absolute Gasteiger partial charge is 0.331 e. The van der Waals surface area contributed by atoms with Crippen molar-refractivity contribution in [3.63, 3.8) is 0 Å². The van der Waals surface area contributed by atoms with Crippen molar-refractivity contribution in [1.82, 2.24) is 0 Å². The van der Waals surface area contributed by atoms with E-state index >= 15 is 0 Å². The van der Waals surface area contributed by atoms with E-state index in [1.54, 1.807) is 0 Å². The van der Waals surface area contributed by atoms with Crippen molar-refractivity contribution in [2.45, 2.75) is 78.6 Å². The summed E-state index contributed by atoms with van der Waals surface area (Å²) in [7, 11) is 0. The molecule has 2 nitrogen and oxygen atoms in total. The summed E-state index contributed by atoms with van der Waals surface area (Å²) < 4.78 is 0. The van der Waals surface area contributed by atoms with Crippen molar-refractivity contribution in [3.8, 4) is 0 Å². The fourth-order valence-corrected chi connectivity index (χ4v) is 2.60. The van der Waals surface area contributed by atoms with Gasteiger partial charge in [0.1, 0.15) is 0 Å². The Morgan fingerprint density at radius 1 is 0.947 bits per heavy atom. The van der Waals surface area contributed by atoms with Crippen LogP contribution in [0, 0.1) is 5.41 Å². The Hall–Kier alpha value is 0.00870. The molecule has 0 aliphatic rings. The number of aliphatic carboxylic acids is 1. The Kier molecular flexibility index (Phi) is 13.2. The first-order valence-corrected chi connectivity index (χ1v) is 7.46. The van der Waals surface area contributed by atoms with Gasteiger partial charge < -0.3 is 5.11 Å². The summed E-state index contributed by atoms with van der Waals surface area (Å²) in [6.45, 7) is 10.4. The number of hydrogen-bond acceptors (Lipinski definition) is 1. The molecule has 0 unspecified atom stereocenters. The molecule has 3 heteroatoms. The van der Waals surface area contributed by atoms with Crippen LogP contribution in [0.15, 0.2) is 12.2 Å². The molecule has 0 atom stereocenters. The molecular formula is C16H30O2Sn.